The van der Waals surface area contributed by atoms with Crippen molar-refractivity contribution in [3.05, 3.63) is 48.6 Å². The summed E-state index contributed by atoms with van der Waals surface area (Å²) in [6, 6.07) is 9.97. The Morgan fingerprint density at radius 2 is 2.05 bits per heavy atom. The largest absolute Gasteiger partial charge is 0.347 e. The molecule has 0 aromatic heterocycles. The number of carbonyl (C=O) groups is 1. The molecule has 3 nitrogen and oxygen atoms in total. The number of nitrogens with zero attached hydrogens (tertiary/aromatic N) is 1. The third kappa shape index (κ3) is 2.88. The first-order valence-electron chi connectivity index (χ1n) is 7.70. The lowest BCUT2D eigenvalue weighted by molar-refractivity contribution is -0.230. The molecule has 0 N–H and O–H groups in total. The molecule has 0 radical (unpaired) electrons. The zero-order chi connectivity index (χ0) is 15.5. The molecule has 1 unspecified atom stereocenters. The minimum absolute atomic E-state index is 0.0335. The van der Waals surface area contributed by atoms with E-state index in [1.54, 1.807) is 11.0 Å². The lowest BCUT2D eigenvalue weighted by Crippen LogP contribution is -2.59. The minimum Gasteiger partial charge on any atom is -0.347 e. The Morgan fingerprint density at radius 3 is 2.62 bits per heavy atom. The van der Waals surface area contributed by atoms with Crippen LogP contribution in [0.5, 0.6) is 0 Å². The van der Waals surface area contributed by atoms with Crippen LogP contribution in [-0.4, -0.2) is 23.5 Å². The summed E-state index contributed by atoms with van der Waals surface area (Å²) < 4.78 is 6.41. The number of rotatable bonds is 5. The molecule has 1 saturated heterocycles. The number of amides is 1. The highest BCUT2D eigenvalue weighted by Crippen LogP contribution is 2.39. The number of carbonyl (C=O) groups excluding carboxylic acids is 1. The molecule has 1 aromatic rings. The molecule has 21 heavy (non-hydrogen) atoms. The number of hydrogen-bond donors (Lipinski definition) is 0. The van der Waals surface area contributed by atoms with E-state index in [-0.39, 0.29) is 17.9 Å². The van der Waals surface area contributed by atoms with Crippen molar-refractivity contribution < 1.29 is 9.53 Å². The summed E-state index contributed by atoms with van der Waals surface area (Å²) in [5, 5.41) is 0. The van der Waals surface area contributed by atoms with E-state index in [0.717, 1.165) is 18.4 Å². The summed E-state index contributed by atoms with van der Waals surface area (Å²) in [5.74, 6) is 0.0349. The standard InChI is InChI=1S/C18H25NO2/c1-5-10-16-14(3)17(20)19(13-6-2)18(4,21-16)15-11-8-7-9-12-15/h6-9,11-12,14,16H,2,5,10,13H2,1,3-4H3/t14-,16+,18?/m1/s1. The van der Waals surface area contributed by atoms with Crippen LogP contribution in [0.2, 0.25) is 0 Å². The third-order valence-electron chi connectivity index (χ3n) is 4.30. The van der Waals surface area contributed by atoms with Gasteiger partial charge in [0.25, 0.3) is 0 Å². The van der Waals surface area contributed by atoms with E-state index < -0.39 is 5.72 Å². The van der Waals surface area contributed by atoms with E-state index in [1.807, 2.05) is 44.2 Å². The summed E-state index contributed by atoms with van der Waals surface area (Å²) in [5.41, 5.74) is 0.284. The maximum Gasteiger partial charge on any atom is 0.230 e. The van der Waals surface area contributed by atoms with Gasteiger partial charge in [-0.1, -0.05) is 56.7 Å². The summed E-state index contributed by atoms with van der Waals surface area (Å²) in [4.78, 5) is 14.6. The molecule has 1 aliphatic heterocycles. The molecular weight excluding hydrogens is 262 g/mol. The van der Waals surface area contributed by atoms with Crippen LogP contribution in [-0.2, 0) is 15.3 Å². The van der Waals surface area contributed by atoms with Crippen molar-refractivity contribution in [2.75, 3.05) is 6.54 Å². The van der Waals surface area contributed by atoms with E-state index in [1.165, 1.54) is 0 Å². The fourth-order valence-electron chi connectivity index (χ4n) is 3.03. The topological polar surface area (TPSA) is 29.5 Å². The van der Waals surface area contributed by atoms with Crippen molar-refractivity contribution in [2.45, 2.75) is 45.4 Å². The molecular formula is C18H25NO2. The predicted octanol–water partition coefficient (Wildman–Crippen LogP) is 3.71. The molecule has 1 fully saturated rings. The van der Waals surface area contributed by atoms with Gasteiger partial charge in [-0.3, -0.25) is 4.79 Å². The Kier molecular flexibility index (Phi) is 4.84. The molecule has 0 saturated carbocycles. The highest BCUT2D eigenvalue weighted by Gasteiger charge is 2.47. The van der Waals surface area contributed by atoms with Crippen LogP contribution in [0.1, 0.15) is 39.2 Å². The Labute approximate surface area is 127 Å². The second-order valence-electron chi connectivity index (χ2n) is 5.82. The molecule has 1 heterocycles. The Bertz CT molecular complexity index is 499. The van der Waals surface area contributed by atoms with Gasteiger partial charge < -0.3 is 9.64 Å². The number of ether oxygens (including phenoxy) is 1. The normalized spacial score (nSPS) is 29.5. The maximum atomic E-state index is 12.8. The Hall–Kier alpha value is -1.61. The first-order valence-corrected chi connectivity index (χ1v) is 7.70. The first kappa shape index (κ1) is 15.8. The van der Waals surface area contributed by atoms with Crippen LogP contribution >= 0.6 is 0 Å². The van der Waals surface area contributed by atoms with Crippen molar-refractivity contribution in [2.24, 2.45) is 5.92 Å². The van der Waals surface area contributed by atoms with Crippen molar-refractivity contribution >= 4 is 5.91 Å². The second kappa shape index (κ2) is 6.44. The molecule has 0 aliphatic carbocycles. The Balaban J connectivity index is 2.42. The fourth-order valence-corrected chi connectivity index (χ4v) is 3.03. The molecule has 0 bridgehead atoms. The zero-order valence-electron chi connectivity index (χ0n) is 13.2. The van der Waals surface area contributed by atoms with Gasteiger partial charge in [-0.25, -0.2) is 0 Å². The molecule has 114 valence electrons. The lowest BCUT2D eigenvalue weighted by atomic mass is 9.91. The van der Waals surface area contributed by atoms with Crippen LogP contribution in [0.4, 0.5) is 0 Å². The van der Waals surface area contributed by atoms with Gasteiger partial charge in [-0.2, -0.15) is 0 Å². The van der Waals surface area contributed by atoms with E-state index >= 15 is 0 Å². The van der Waals surface area contributed by atoms with E-state index in [0.29, 0.717) is 6.54 Å². The van der Waals surface area contributed by atoms with E-state index in [2.05, 4.69) is 13.5 Å². The number of benzene rings is 1. The zero-order valence-corrected chi connectivity index (χ0v) is 13.2. The van der Waals surface area contributed by atoms with Crippen molar-refractivity contribution in [3.63, 3.8) is 0 Å². The van der Waals surface area contributed by atoms with Crippen molar-refractivity contribution in [1.29, 1.82) is 0 Å². The molecule has 3 atom stereocenters. The monoisotopic (exact) mass is 287 g/mol. The van der Waals surface area contributed by atoms with Gasteiger partial charge in [0, 0.05) is 12.1 Å². The quantitative estimate of drug-likeness (QED) is 0.773. The summed E-state index contributed by atoms with van der Waals surface area (Å²) >= 11 is 0. The maximum absolute atomic E-state index is 12.8. The van der Waals surface area contributed by atoms with E-state index in [9.17, 15) is 4.79 Å². The summed E-state index contributed by atoms with van der Waals surface area (Å²) in [7, 11) is 0. The van der Waals surface area contributed by atoms with Crippen molar-refractivity contribution in [3.8, 4) is 0 Å². The predicted molar refractivity (Wildman–Crippen MR) is 84.6 cm³/mol. The molecule has 1 aromatic carbocycles. The third-order valence-corrected chi connectivity index (χ3v) is 4.30. The smallest absolute Gasteiger partial charge is 0.230 e. The van der Waals surface area contributed by atoms with Crippen LogP contribution < -0.4 is 0 Å². The van der Waals surface area contributed by atoms with Gasteiger partial charge in [0.05, 0.1) is 12.0 Å². The summed E-state index contributed by atoms with van der Waals surface area (Å²) in [6.07, 6.45) is 3.63. The molecule has 0 spiro atoms. The van der Waals surface area contributed by atoms with Gasteiger partial charge in [0.2, 0.25) is 5.91 Å². The molecule has 1 aliphatic rings. The highest BCUT2D eigenvalue weighted by atomic mass is 16.5. The van der Waals surface area contributed by atoms with Gasteiger partial charge in [0.1, 0.15) is 0 Å². The molecule has 1 amide bonds. The average Bonchev–Trinajstić information content (AvgIpc) is 2.50. The van der Waals surface area contributed by atoms with Gasteiger partial charge in [-0.15, -0.1) is 6.58 Å². The minimum atomic E-state index is -0.723. The van der Waals surface area contributed by atoms with Crippen LogP contribution in [0, 0.1) is 5.92 Å². The van der Waals surface area contributed by atoms with E-state index in [4.69, 9.17) is 4.74 Å². The number of hydrogen-bond acceptors (Lipinski definition) is 2. The highest BCUT2D eigenvalue weighted by molar-refractivity contribution is 5.81. The van der Waals surface area contributed by atoms with Crippen molar-refractivity contribution in [1.82, 2.24) is 4.90 Å². The van der Waals surface area contributed by atoms with Gasteiger partial charge in [0.15, 0.2) is 5.72 Å². The average molecular weight is 287 g/mol. The van der Waals surface area contributed by atoms with Crippen LogP contribution in [0.25, 0.3) is 0 Å². The lowest BCUT2D eigenvalue weighted by Gasteiger charge is -2.49. The second-order valence-corrected chi connectivity index (χ2v) is 5.82. The molecule has 3 heteroatoms. The Morgan fingerprint density at radius 1 is 1.38 bits per heavy atom. The first-order chi connectivity index (χ1) is 10.0. The summed E-state index contributed by atoms with van der Waals surface area (Å²) in [6.45, 7) is 10.3. The van der Waals surface area contributed by atoms with Gasteiger partial charge in [-0.05, 0) is 13.3 Å². The SMILES string of the molecule is C=CCN1C(=O)[C@H](C)[C@H](CCC)OC1(C)c1ccccc1. The van der Waals surface area contributed by atoms with Crippen LogP contribution in [0.15, 0.2) is 43.0 Å². The fraction of sp³-hybridized carbons (Fsp3) is 0.500. The molecule has 2 rings (SSSR count). The van der Waals surface area contributed by atoms with Gasteiger partial charge >= 0.3 is 0 Å². The van der Waals surface area contributed by atoms with Crippen LogP contribution in [0.3, 0.4) is 0 Å².